The van der Waals surface area contributed by atoms with Crippen LogP contribution < -0.4 is 0 Å². The number of nitrogens with zero attached hydrogens (tertiary/aromatic N) is 2. The van der Waals surface area contributed by atoms with E-state index in [2.05, 4.69) is 0 Å². The SMILES string of the molecule is CCn1cc(S(=O)(=O)N(C)C2CCCC2)cc1C(=O)O. The predicted octanol–water partition coefficient (Wildman–Crippen LogP) is 1.77. The van der Waals surface area contributed by atoms with Gasteiger partial charge in [-0.3, -0.25) is 0 Å². The van der Waals surface area contributed by atoms with Crippen LogP contribution in [0.2, 0.25) is 0 Å². The standard InChI is InChI=1S/C13H20N2O4S/c1-3-15-9-11(8-12(15)13(16)17)20(18,19)14(2)10-6-4-5-7-10/h8-10H,3-7H2,1-2H3,(H,16,17). The first-order valence-corrected chi connectivity index (χ1v) is 8.23. The van der Waals surface area contributed by atoms with E-state index in [9.17, 15) is 13.2 Å². The van der Waals surface area contributed by atoms with Crippen LogP contribution in [0.25, 0.3) is 0 Å². The minimum absolute atomic E-state index is 0.00546. The summed E-state index contributed by atoms with van der Waals surface area (Å²) in [6.45, 7) is 2.20. The number of aromatic carboxylic acids is 1. The summed E-state index contributed by atoms with van der Waals surface area (Å²) in [6, 6.07) is 1.27. The zero-order valence-corrected chi connectivity index (χ0v) is 12.6. The minimum Gasteiger partial charge on any atom is -0.477 e. The Hall–Kier alpha value is -1.34. The Morgan fingerprint density at radius 2 is 2.05 bits per heavy atom. The zero-order valence-electron chi connectivity index (χ0n) is 11.7. The van der Waals surface area contributed by atoms with Crippen LogP contribution in [0.4, 0.5) is 0 Å². The monoisotopic (exact) mass is 300 g/mol. The highest BCUT2D eigenvalue weighted by atomic mass is 32.2. The van der Waals surface area contributed by atoms with Crippen LogP contribution in [0.5, 0.6) is 0 Å². The average Bonchev–Trinajstić information content (AvgIpc) is 3.06. The number of carboxylic acid groups (broad SMARTS) is 1. The maximum absolute atomic E-state index is 12.5. The van der Waals surface area contributed by atoms with E-state index < -0.39 is 16.0 Å². The second-order valence-electron chi connectivity index (χ2n) is 5.11. The average molecular weight is 300 g/mol. The van der Waals surface area contributed by atoms with E-state index in [0.29, 0.717) is 6.54 Å². The molecule has 0 aromatic carbocycles. The molecular weight excluding hydrogens is 280 g/mol. The van der Waals surface area contributed by atoms with Crippen molar-refractivity contribution in [3.05, 3.63) is 18.0 Å². The van der Waals surface area contributed by atoms with Crippen LogP contribution in [0.3, 0.4) is 0 Å². The van der Waals surface area contributed by atoms with Crippen LogP contribution >= 0.6 is 0 Å². The molecule has 0 aliphatic heterocycles. The van der Waals surface area contributed by atoms with E-state index in [-0.39, 0.29) is 16.6 Å². The molecule has 0 spiro atoms. The first kappa shape index (κ1) is 15.1. The summed E-state index contributed by atoms with van der Waals surface area (Å²) in [6.07, 6.45) is 5.23. The fourth-order valence-corrected chi connectivity index (χ4v) is 4.15. The van der Waals surface area contributed by atoms with Gasteiger partial charge < -0.3 is 9.67 Å². The summed E-state index contributed by atoms with van der Waals surface area (Å²) >= 11 is 0. The van der Waals surface area contributed by atoms with Gasteiger partial charge in [-0.05, 0) is 25.8 Å². The summed E-state index contributed by atoms with van der Waals surface area (Å²) in [5.41, 5.74) is 0.00546. The third kappa shape index (κ3) is 2.60. The van der Waals surface area contributed by atoms with E-state index in [4.69, 9.17) is 5.11 Å². The fraction of sp³-hybridized carbons (Fsp3) is 0.615. The van der Waals surface area contributed by atoms with Crippen LogP contribution in [-0.2, 0) is 16.6 Å². The first-order valence-electron chi connectivity index (χ1n) is 6.79. The molecule has 2 rings (SSSR count). The van der Waals surface area contributed by atoms with Crippen molar-refractivity contribution in [3.8, 4) is 0 Å². The smallest absolute Gasteiger partial charge is 0.352 e. The van der Waals surface area contributed by atoms with Gasteiger partial charge >= 0.3 is 5.97 Å². The lowest BCUT2D eigenvalue weighted by Crippen LogP contribution is -2.35. The van der Waals surface area contributed by atoms with Crippen LogP contribution in [-0.4, -0.2) is 41.5 Å². The number of carboxylic acids is 1. The highest BCUT2D eigenvalue weighted by Crippen LogP contribution is 2.28. The molecule has 0 amide bonds. The maximum atomic E-state index is 12.5. The first-order chi connectivity index (χ1) is 9.37. The molecule has 112 valence electrons. The van der Waals surface area contributed by atoms with E-state index in [1.54, 1.807) is 14.0 Å². The third-order valence-electron chi connectivity index (χ3n) is 3.95. The molecule has 0 radical (unpaired) electrons. The summed E-state index contributed by atoms with van der Waals surface area (Å²) in [5, 5.41) is 9.10. The third-order valence-corrected chi connectivity index (χ3v) is 5.82. The minimum atomic E-state index is -3.62. The predicted molar refractivity (Wildman–Crippen MR) is 74.3 cm³/mol. The molecule has 20 heavy (non-hydrogen) atoms. The Kier molecular flexibility index (Phi) is 4.19. The van der Waals surface area contributed by atoms with Crippen molar-refractivity contribution in [2.45, 2.75) is 50.1 Å². The van der Waals surface area contributed by atoms with Gasteiger partial charge in [0.2, 0.25) is 10.0 Å². The van der Waals surface area contributed by atoms with Crippen LogP contribution in [0.15, 0.2) is 17.2 Å². The Morgan fingerprint density at radius 3 is 2.50 bits per heavy atom. The molecule has 1 heterocycles. The Bertz CT molecular complexity index is 600. The second kappa shape index (κ2) is 5.57. The van der Waals surface area contributed by atoms with Gasteiger partial charge in [-0.25, -0.2) is 13.2 Å². The Morgan fingerprint density at radius 1 is 1.45 bits per heavy atom. The topological polar surface area (TPSA) is 79.6 Å². The van der Waals surface area contributed by atoms with Crippen molar-refractivity contribution in [1.29, 1.82) is 0 Å². The molecule has 1 fully saturated rings. The van der Waals surface area contributed by atoms with Crippen LogP contribution in [0, 0.1) is 0 Å². The quantitative estimate of drug-likeness (QED) is 0.898. The second-order valence-corrected chi connectivity index (χ2v) is 7.11. The van der Waals surface area contributed by atoms with E-state index in [1.807, 2.05) is 0 Å². The lowest BCUT2D eigenvalue weighted by Gasteiger charge is -2.22. The zero-order chi connectivity index (χ0) is 14.9. The van der Waals surface area contributed by atoms with Gasteiger partial charge in [-0.2, -0.15) is 4.31 Å². The molecule has 6 nitrogen and oxygen atoms in total. The molecule has 1 aliphatic carbocycles. The molecule has 1 aromatic heterocycles. The van der Waals surface area contributed by atoms with Crippen molar-refractivity contribution < 1.29 is 18.3 Å². The molecule has 1 N–H and O–H groups in total. The molecule has 0 unspecified atom stereocenters. The van der Waals surface area contributed by atoms with Gasteiger partial charge in [0.15, 0.2) is 0 Å². The van der Waals surface area contributed by atoms with E-state index >= 15 is 0 Å². The van der Waals surface area contributed by atoms with Crippen molar-refractivity contribution >= 4 is 16.0 Å². The van der Waals surface area contributed by atoms with Crippen molar-refractivity contribution in [2.24, 2.45) is 0 Å². The number of aromatic nitrogens is 1. The Labute approximate surface area is 119 Å². The summed E-state index contributed by atoms with van der Waals surface area (Å²) in [4.78, 5) is 11.2. The van der Waals surface area contributed by atoms with E-state index in [0.717, 1.165) is 25.7 Å². The van der Waals surface area contributed by atoms with Crippen molar-refractivity contribution in [2.75, 3.05) is 7.05 Å². The summed E-state index contributed by atoms with van der Waals surface area (Å²) in [5.74, 6) is -1.11. The van der Waals surface area contributed by atoms with Gasteiger partial charge in [-0.1, -0.05) is 12.8 Å². The number of aryl methyl sites for hydroxylation is 1. The van der Waals surface area contributed by atoms with Gasteiger partial charge in [0.25, 0.3) is 0 Å². The van der Waals surface area contributed by atoms with E-state index in [1.165, 1.54) is 21.1 Å². The lowest BCUT2D eigenvalue weighted by molar-refractivity contribution is 0.0685. The van der Waals surface area contributed by atoms with Crippen LogP contribution in [0.1, 0.15) is 43.1 Å². The number of hydrogen-bond acceptors (Lipinski definition) is 3. The Balaban J connectivity index is 2.36. The summed E-state index contributed by atoms with van der Waals surface area (Å²) < 4.78 is 27.9. The lowest BCUT2D eigenvalue weighted by atomic mass is 10.3. The van der Waals surface area contributed by atoms with Gasteiger partial charge in [0.1, 0.15) is 10.6 Å². The normalized spacial score (nSPS) is 16.9. The fourth-order valence-electron chi connectivity index (χ4n) is 2.70. The highest BCUT2D eigenvalue weighted by molar-refractivity contribution is 7.89. The molecule has 0 saturated heterocycles. The maximum Gasteiger partial charge on any atom is 0.352 e. The molecular formula is C13H20N2O4S. The molecule has 1 aliphatic rings. The van der Waals surface area contributed by atoms with Gasteiger partial charge in [0, 0.05) is 25.8 Å². The van der Waals surface area contributed by atoms with Gasteiger partial charge in [0.05, 0.1) is 0 Å². The molecule has 1 aromatic rings. The van der Waals surface area contributed by atoms with Crippen molar-refractivity contribution in [1.82, 2.24) is 8.87 Å². The molecule has 0 bridgehead atoms. The van der Waals surface area contributed by atoms with Crippen molar-refractivity contribution in [3.63, 3.8) is 0 Å². The molecule has 7 heteroatoms. The molecule has 1 saturated carbocycles. The van der Waals surface area contributed by atoms with Gasteiger partial charge in [-0.15, -0.1) is 0 Å². The molecule has 0 atom stereocenters. The number of carbonyl (C=O) groups is 1. The number of rotatable bonds is 5. The summed E-state index contributed by atoms with van der Waals surface area (Å²) in [7, 11) is -2.04. The highest BCUT2D eigenvalue weighted by Gasteiger charge is 2.31. The largest absolute Gasteiger partial charge is 0.477 e. The number of sulfonamides is 1. The number of hydrogen-bond donors (Lipinski definition) is 1.